The minimum absolute atomic E-state index is 0.110. The van der Waals surface area contributed by atoms with Crippen LogP contribution in [0.2, 0.25) is 0 Å². The van der Waals surface area contributed by atoms with Gasteiger partial charge in [-0.2, -0.15) is 0 Å². The minimum atomic E-state index is 0.110. The lowest BCUT2D eigenvalue weighted by Gasteiger charge is -2.18. The Bertz CT molecular complexity index is 426. The number of allylic oxidation sites excluding steroid dienone is 1. The highest BCUT2D eigenvalue weighted by atomic mass is 16.5. The summed E-state index contributed by atoms with van der Waals surface area (Å²) < 4.78 is 16.1. The van der Waals surface area contributed by atoms with Crippen molar-refractivity contribution >= 4 is 0 Å². The van der Waals surface area contributed by atoms with Gasteiger partial charge in [0.15, 0.2) is 11.5 Å². The minimum Gasteiger partial charge on any atom is -0.493 e. The van der Waals surface area contributed by atoms with E-state index < -0.39 is 0 Å². The van der Waals surface area contributed by atoms with E-state index in [9.17, 15) is 0 Å². The Morgan fingerprint density at radius 2 is 1.58 bits per heavy atom. The second-order valence-electron chi connectivity index (χ2n) is 4.47. The second-order valence-corrected chi connectivity index (χ2v) is 4.47. The quantitative estimate of drug-likeness (QED) is 0.803. The maximum absolute atomic E-state index is 5.37. The number of benzene rings is 1. The first kappa shape index (κ1) is 15.4. The first-order valence-electron chi connectivity index (χ1n) is 6.19. The SMILES string of the molecule is CNC(C=C(C)C)c1cc(OC)c(OC)c(OC)c1. The van der Waals surface area contributed by atoms with Gasteiger partial charge >= 0.3 is 0 Å². The number of nitrogens with one attached hydrogen (secondary N) is 1. The zero-order chi connectivity index (χ0) is 14.4. The van der Waals surface area contributed by atoms with Crippen LogP contribution in [0.4, 0.5) is 0 Å². The zero-order valence-electron chi connectivity index (χ0n) is 12.5. The lowest BCUT2D eigenvalue weighted by molar-refractivity contribution is 0.323. The molecular formula is C15H23NO3. The molecule has 0 spiro atoms. The fraction of sp³-hybridized carbons (Fsp3) is 0.467. The van der Waals surface area contributed by atoms with Crippen molar-refractivity contribution in [3.8, 4) is 17.2 Å². The molecule has 0 amide bonds. The highest BCUT2D eigenvalue weighted by molar-refractivity contribution is 5.54. The van der Waals surface area contributed by atoms with Crippen molar-refractivity contribution in [2.24, 2.45) is 0 Å². The smallest absolute Gasteiger partial charge is 0.203 e. The van der Waals surface area contributed by atoms with E-state index in [1.165, 1.54) is 5.57 Å². The summed E-state index contributed by atoms with van der Waals surface area (Å²) in [6.45, 7) is 4.14. The number of likely N-dealkylation sites (N-methyl/N-ethyl adjacent to an activating group) is 1. The molecule has 4 nitrogen and oxygen atoms in total. The zero-order valence-corrected chi connectivity index (χ0v) is 12.5. The predicted molar refractivity (Wildman–Crippen MR) is 77.3 cm³/mol. The van der Waals surface area contributed by atoms with E-state index in [2.05, 4.69) is 25.2 Å². The molecule has 0 aliphatic rings. The highest BCUT2D eigenvalue weighted by Gasteiger charge is 2.16. The molecule has 0 aliphatic heterocycles. The molecular weight excluding hydrogens is 242 g/mol. The van der Waals surface area contributed by atoms with Crippen LogP contribution in [-0.4, -0.2) is 28.4 Å². The molecule has 19 heavy (non-hydrogen) atoms. The molecule has 1 atom stereocenters. The average Bonchev–Trinajstić information content (AvgIpc) is 2.42. The monoisotopic (exact) mass is 265 g/mol. The van der Waals surface area contributed by atoms with Crippen LogP contribution in [-0.2, 0) is 0 Å². The maximum atomic E-state index is 5.37. The first-order chi connectivity index (χ1) is 9.07. The normalized spacial score (nSPS) is 11.7. The number of hydrogen-bond acceptors (Lipinski definition) is 4. The molecule has 1 rings (SSSR count). The van der Waals surface area contributed by atoms with Gasteiger partial charge in [-0.15, -0.1) is 0 Å². The molecule has 0 aliphatic carbocycles. The van der Waals surface area contributed by atoms with Crippen LogP contribution >= 0.6 is 0 Å². The Morgan fingerprint density at radius 3 is 1.89 bits per heavy atom. The Hall–Kier alpha value is -1.68. The van der Waals surface area contributed by atoms with E-state index in [0.29, 0.717) is 17.2 Å². The Morgan fingerprint density at radius 1 is 1.05 bits per heavy atom. The fourth-order valence-electron chi connectivity index (χ4n) is 1.96. The number of methoxy groups -OCH3 is 3. The van der Waals surface area contributed by atoms with E-state index in [0.717, 1.165) is 5.56 Å². The Balaban J connectivity index is 3.32. The van der Waals surface area contributed by atoms with Crippen LogP contribution in [0, 0.1) is 0 Å². The summed E-state index contributed by atoms with van der Waals surface area (Å²) in [5.41, 5.74) is 2.31. The molecule has 0 fully saturated rings. The van der Waals surface area contributed by atoms with Crippen LogP contribution in [0.5, 0.6) is 17.2 Å². The standard InChI is InChI=1S/C15H23NO3/c1-10(2)7-12(16-3)11-8-13(17-4)15(19-6)14(9-11)18-5/h7-9,12,16H,1-6H3. The van der Waals surface area contributed by atoms with Gasteiger partial charge < -0.3 is 19.5 Å². The summed E-state index contributed by atoms with van der Waals surface area (Å²) >= 11 is 0. The van der Waals surface area contributed by atoms with Crippen LogP contribution in [0.25, 0.3) is 0 Å². The van der Waals surface area contributed by atoms with Crippen molar-refractivity contribution in [1.29, 1.82) is 0 Å². The van der Waals surface area contributed by atoms with Gasteiger partial charge in [0.25, 0.3) is 0 Å². The fourth-order valence-corrected chi connectivity index (χ4v) is 1.96. The summed E-state index contributed by atoms with van der Waals surface area (Å²) in [6, 6.07) is 4.03. The Kier molecular flexibility index (Phi) is 5.70. The van der Waals surface area contributed by atoms with Crippen LogP contribution in [0.3, 0.4) is 0 Å². The molecule has 0 saturated heterocycles. The van der Waals surface area contributed by atoms with Crippen LogP contribution < -0.4 is 19.5 Å². The molecule has 1 aromatic carbocycles. The topological polar surface area (TPSA) is 39.7 Å². The van der Waals surface area contributed by atoms with Gasteiger partial charge in [0.05, 0.1) is 27.4 Å². The van der Waals surface area contributed by atoms with Crippen LogP contribution in [0.15, 0.2) is 23.8 Å². The van der Waals surface area contributed by atoms with Crippen molar-refractivity contribution in [2.45, 2.75) is 19.9 Å². The number of hydrogen-bond donors (Lipinski definition) is 1. The summed E-state index contributed by atoms with van der Waals surface area (Å²) in [6.07, 6.45) is 2.15. The molecule has 4 heteroatoms. The molecule has 0 aromatic heterocycles. The summed E-state index contributed by atoms with van der Waals surface area (Å²) in [7, 11) is 6.77. The van der Waals surface area contributed by atoms with E-state index in [1.807, 2.05) is 19.2 Å². The van der Waals surface area contributed by atoms with E-state index in [4.69, 9.17) is 14.2 Å². The molecule has 0 bridgehead atoms. The first-order valence-corrected chi connectivity index (χ1v) is 6.19. The number of rotatable bonds is 6. The van der Waals surface area contributed by atoms with E-state index >= 15 is 0 Å². The third kappa shape index (κ3) is 3.64. The summed E-state index contributed by atoms with van der Waals surface area (Å²) in [5, 5.41) is 3.26. The van der Waals surface area contributed by atoms with Crippen LogP contribution in [0.1, 0.15) is 25.5 Å². The van der Waals surface area contributed by atoms with Crippen molar-refractivity contribution in [3.05, 3.63) is 29.3 Å². The average molecular weight is 265 g/mol. The second kappa shape index (κ2) is 7.04. The lowest BCUT2D eigenvalue weighted by atomic mass is 10.0. The molecule has 0 heterocycles. The van der Waals surface area contributed by atoms with Crippen molar-refractivity contribution < 1.29 is 14.2 Å². The van der Waals surface area contributed by atoms with Crippen molar-refractivity contribution in [1.82, 2.24) is 5.32 Å². The predicted octanol–water partition coefficient (Wildman–Crippen LogP) is 2.94. The highest BCUT2D eigenvalue weighted by Crippen LogP contribution is 2.39. The van der Waals surface area contributed by atoms with Gasteiger partial charge in [-0.05, 0) is 38.6 Å². The molecule has 1 aromatic rings. The Labute approximate surface area is 115 Å². The third-order valence-corrected chi connectivity index (χ3v) is 2.86. The molecule has 0 saturated carbocycles. The molecule has 1 N–H and O–H groups in total. The molecule has 106 valence electrons. The van der Waals surface area contributed by atoms with Crippen molar-refractivity contribution in [3.63, 3.8) is 0 Å². The van der Waals surface area contributed by atoms with Gasteiger partial charge in [-0.3, -0.25) is 0 Å². The van der Waals surface area contributed by atoms with Gasteiger partial charge in [0.2, 0.25) is 5.75 Å². The summed E-state index contributed by atoms with van der Waals surface area (Å²) in [5.74, 6) is 1.94. The molecule has 0 radical (unpaired) electrons. The third-order valence-electron chi connectivity index (χ3n) is 2.86. The van der Waals surface area contributed by atoms with Gasteiger partial charge in [-0.1, -0.05) is 11.6 Å². The van der Waals surface area contributed by atoms with E-state index in [1.54, 1.807) is 21.3 Å². The maximum Gasteiger partial charge on any atom is 0.203 e. The van der Waals surface area contributed by atoms with Gasteiger partial charge in [-0.25, -0.2) is 0 Å². The lowest BCUT2D eigenvalue weighted by Crippen LogP contribution is -2.14. The summed E-state index contributed by atoms with van der Waals surface area (Å²) in [4.78, 5) is 0. The van der Waals surface area contributed by atoms with Gasteiger partial charge in [0.1, 0.15) is 0 Å². The van der Waals surface area contributed by atoms with E-state index in [-0.39, 0.29) is 6.04 Å². The largest absolute Gasteiger partial charge is 0.493 e. The van der Waals surface area contributed by atoms with Crippen molar-refractivity contribution in [2.75, 3.05) is 28.4 Å². The van der Waals surface area contributed by atoms with Gasteiger partial charge in [0, 0.05) is 0 Å². The number of ether oxygens (including phenoxy) is 3. The molecule has 1 unspecified atom stereocenters.